The summed E-state index contributed by atoms with van der Waals surface area (Å²) in [7, 11) is 0. The highest BCUT2D eigenvalue weighted by atomic mass is 35.5. The van der Waals surface area contributed by atoms with Crippen LogP contribution in [0.15, 0.2) is 24.3 Å². The summed E-state index contributed by atoms with van der Waals surface area (Å²) in [5.74, 6) is 0.579. The number of ether oxygens (including phenoxy) is 1. The summed E-state index contributed by atoms with van der Waals surface area (Å²) >= 11 is 5.76. The molecule has 1 fully saturated rings. The van der Waals surface area contributed by atoms with Crippen LogP contribution in [0.25, 0.3) is 0 Å². The standard InChI is InChI=1S/C12H13ClO2/c13-11-3-1-10(2-4-11)12(14)7-9-5-6-15-8-9/h1-4,9H,5-8H2. The van der Waals surface area contributed by atoms with E-state index in [0.717, 1.165) is 25.2 Å². The van der Waals surface area contributed by atoms with Gasteiger partial charge in [0.1, 0.15) is 0 Å². The van der Waals surface area contributed by atoms with Crippen LogP contribution in [0.1, 0.15) is 23.2 Å². The van der Waals surface area contributed by atoms with Gasteiger partial charge in [0.05, 0.1) is 0 Å². The Balaban J connectivity index is 1.98. The van der Waals surface area contributed by atoms with Crippen molar-refractivity contribution in [1.29, 1.82) is 0 Å². The van der Waals surface area contributed by atoms with E-state index in [4.69, 9.17) is 16.3 Å². The van der Waals surface area contributed by atoms with Crippen molar-refractivity contribution in [1.82, 2.24) is 0 Å². The second kappa shape index (κ2) is 4.77. The Morgan fingerprint density at radius 1 is 1.40 bits per heavy atom. The molecule has 1 heterocycles. The minimum absolute atomic E-state index is 0.183. The minimum atomic E-state index is 0.183. The van der Waals surface area contributed by atoms with E-state index in [-0.39, 0.29) is 5.78 Å². The van der Waals surface area contributed by atoms with Gasteiger partial charge in [-0.25, -0.2) is 0 Å². The van der Waals surface area contributed by atoms with Crippen LogP contribution in [0, 0.1) is 5.92 Å². The number of Topliss-reactive ketones (excluding diaryl/α,β-unsaturated/α-hetero) is 1. The molecule has 1 atom stereocenters. The first-order valence-corrected chi connectivity index (χ1v) is 5.50. The molecule has 1 saturated heterocycles. The van der Waals surface area contributed by atoms with E-state index in [1.807, 2.05) is 0 Å². The number of rotatable bonds is 3. The van der Waals surface area contributed by atoms with Gasteiger partial charge >= 0.3 is 0 Å². The van der Waals surface area contributed by atoms with Crippen LogP contribution in [0.3, 0.4) is 0 Å². The molecule has 0 aliphatic carbocycles. The Kier molecular flexibility index (Phi) is 3.39. The molecule has 80 valence electrons. The van der Waals surface area contributed by atoms with Crippen molar-refractivity contribution in [2.24, 2.45) is 5.92 Å². The first kappa shape index (κ1) is 10.7. The molecule has 1 aliphatic rings. The fourth-order valence-electron chi connectivity index (χ4n) is 1.76. The molecule has 1 aromatic rings. The summed E-state index contributed by atoms with van der Waals surface area (Å²) in [6, 6.07) is 7.06. The van der Waals surface area contributed by atoms with Crippen LogP contribution in [0.5, 0.6) is 0 Å². The molecule has 0 saturated carbocycles. The van der Waals surface area contributed by atoms with Crippen molar-refractivity contribution in [3.63, 3.8) is 0 Å². The summed E-state index contributed by atoms with van der Waals surface area (Å²) in [5.41, 5.74) is 0.742. The van der Waals surface area contributed by atoms with E-state index in [2.05, 4.69) is 0 Å². The number of hydrogen-bond donors (Lipinski definition) is 0. The Morgan fingerprint density at radius 2 is 2.13 bits per heavy atom. The summed E-state index contributed by atoms with van der Waals surface area (Å²) in [5, 5.41) is 0.663. The number of carbonyl (C=O) groups is 1. The van der Waals surface area contributed by atoms with Crippen molar-refractivity contribution in [3.8, 4) is 0 Å². The zero-order valence-electron chi connectivity index (χ0n) is 8.41. The zero-order chi connectivity index (χ0) is 10.7. The molecule has 1 aromatic carbocycles. The molecule has 3 heteroatoms. The molecular weight excluding hydrogens is 212 g/mol. The van der Waals surface area contributed by atoms with E-state index in [0.29, 0.717) is 17.4 Å². The normalized spacial score (nSPS) is 20.5. The van der Waals surface area contributed by atoms with E-state index >= 15 is 0 Å². The van der Waals surface area contributed by atoms with Crippen molar-refractivity contribution in [2.45, 2.75) is 12.8 Å². The predicted octanol–water partition coefficient (Wildman–Crippen LogP) is 2.95. The van der Waals surface area contributed by atoms with Gasteiger partial charge in [-0.15, -0.1) is 0 Å². The highest BCUT2D eigenvalue weighted by Gasteiger charge is 2.19. The molecule has 2 nitrogen and oxygen atoms in total. The molecule has 1 aliphatic heterocycles. The SMILES string of the molecule is O=C(CC1CCOC1)c1ccc(Cl)cc1. The van der Waals surface area contributed by atoms with Gasteiger partial charge in [-0.3, -0.25) is 4.79 Å². The summed E-state index contributed by atoms with van der Waals surface area (Å²) in [6.07, 6.45) is 1.58. The molecule has 2 rings (SSSR count). The summed E-state index contributed by atoms with van der Waals surface area (Å²) < 4.78 is 5.24. The lowest BCUT2D eigenvalue weighted by molar-refractivity contribution is 0.0953. The number of ketones is 1. The number of halogens is 1. The maximum absolute atomic E-state index is 11.8. The molecule has 1 unspecified atom stereocenters. The second-order valence-electron chi connectivity index (χ2n) is 3.86. The van der Waals surface area contributed by atoms with E-state index in [1.54, 1.807) is 24.3 Å². The third-order valence-corrected chi connectivity index (χ3v) is 2.92. The van der Waals surface area contributed by atoms with E-state index < -0.39 is 0 Å². The van der Waals surface area contributed by atoms with Crippen molar-refractivity contribution in [3.05, 3.63) is 34.9 Å². The van der Waals surface area contributed by atoms with Gasteiger partial charge < -0.3 is 4.74 Å². The minimum Gasteiger partial charge on any atom is -0.381 e. The van der Waals surface area contributed by atoms with Gasteiger partial charge in [0.2, 0.25) is 0 Å². The average molecular weight is 225 g/mol. The molecule has 15 heavy (non-hydrogen) atoms. The first-order valence-electron chi connectivity index (χ1n) is 5.12. The third-order valence-electron chi connectivity index (χ3n) is 2.66. The highest BCUT2D eigenvalue weighted by molar-refractivity contribution is 6.30. The fourth-order valence-corrected chi connectivity index (χ4v) is 1.89. The number of hydrogen-bond acceptors (Lipinski definition) is 2. The lowest BCUT2D eigenvalue weighted by atomic mass is 9.98. The Hall–Kier alpha value is -0.860. The monoisotopic (exact) mass is 224 g/mol. The molecule has 0 N–H and O–H groups in total. The lowest BCUT2D eigenvalue weighted by Crippen LogP contribution is -2.08. The maximum atomic E-state index is 11.8. The van der Waals surface area contributed by atoms with Crippen LogP contribution in [-0.2, 0) is 4.74 Å². The van der Waals surface area contributed by atoms with Gasteiger partial charge in [-0.2, -0.15) is 0 Å². The van der Waals surface area contributed by atoms with Gasteiger partial charge in [0, 0.05) is 30.2 Å². The Morgan fingerprint density at radius 3 is 2.73 bits per heavy atom. The van der Waals surface area contributed by atoms with Gasteiger partial charge in [-0.1, -0.05) is 11.6 Å². The molecule has 0 amide bonds. The van der Waals surface area contributed by atoms with Gasteiger partial charge in [-0.05, 0) is 36.6 Å². The van der Waals surface area contributed by atoms with E-state index in [1.165, 1.54) is 0 Å². The molecule has 0 radical (unpaired) electrons. The second-order valence-corrected chi connectivity index (χ2v) is 4.30. The van der Waals surface area contributed by atoms with Gasteiger partial charge in [0.25, 0.3) is 0 Å². The highest BCUT2D eigenvalue weighted by Crippen LogP contribution is 2.19. The summed E-state index contributed by atoms with van der Waals surface area (Å²) in [4.78, 5) is 11.8. The quantitative estimate of drug-likeness (QED) is 0.738. The van der Waals surface area contributed by atoms with E-state index in [9.17, 15) is 4.79 Å². The fraction of sp³-hybridized carbons (Fsp3) is 0.417. The number of carbonyl (C=O) groups excluding carboxylic acids is 1. The van der Waals surface area contributed by atoms with Crippen LogP contribution in [0.2, 0.25) is 5.02 Å². The van der Waals surface area contributed by atoms with Crippen molar-refractivity contribution in [2.75, 3.05) is 13.2 Å². The van der Waals surface area contributed by atoms with Gasteiger partial charge in [0.15, 0.2) is 5.78 Å². The lowest BCUT2D eigenvalue weighted by Gasteiger charge is -2.06. The van der Waals surface area contributed by atoms with Crippen molar-refractivity contribution >= 4 is 17.4 Å². The maximum Gasteiger partial charge on any atom is 0.163 e. The molecule has 0 bridgehead atoms. The molecule has 0 aromatic heterocycles. The first-order chi connectivity index (χ1) is 7.25. The smallest absolute Gasteiger partial charge is 0.163 e. The van der Waals surface area contributed by atoms with Crippen molar-refractivity contribution < 1.29 is 9.53 Å². The summed E-state index contributed by atoms with van der Waals surface area (Å²) in [6.45, 7) is 1.51. The molecular formula is C12H13ClO2. The largest absolute Gasteiger partial charge is 0.381 e. The third kappa shape index (κ3) is 2.80. The number of benzene rings is 1. The molecule has 0 spiro atoms. The van der Waals surface area contributed by atoms with Crippen LogP contribution in [-0.4, -0.2) is 19.0 Å². The topological polar surface area (TPSA) is 26.3 Å². The predicted molar refractivity (Wildman–Crippen MR) is 59.3 cm³/mol. The van der Waals surface area contributed by atoms with Crippen LogP contribution >= 0.6 is 11.6 Å². The Bertz CT molecular complexity index is 339. The zero-order valence-corrected chi connectivity index (χ0v) is 9.17. The van der Waals surface area contributed by atoms with Crippen LogP contribution < -0.4 is 0 Å². The van der Waals surface area contributed by atoms with Crippen LogP contribution in [0.4, 0.5) is 0 Å². The average Bonchev–Trinajstić information content (AvgIpc) is 2.71. The Labute approximate surface area is 94.2 Å².